The van der Waals surface area contributed by atoms with Crippen LogP contribution in [0.4, 0.5) is 0 Å². The van der Waals surface area contributed by atoms with E-state index in [1.54, 1.807) is 12.2 Å². The third-order valence-electron chi connectivity index (χ3n) is 1.27. The number of hydrogen-bond acceptors (Lipinski definition) is 5. The van der Waals surface area contributed by atoms with Crippen LogP contribution in [0.5, 0.6) is 0 Å². The summed E-state index contributed by atoms with van der Waals surface area (Å²) in [4.78, 5) is 0. The third-order valence-corrected chi connectivity index (χ3v) is 1.27. The molecule has 0 aliphatic heterocycles. The van der Waals surface area contributed by atoms with Crippen LogP contribution in [0, 0.1) is 0 Å². The normalized spacial score (nSPS) is 13.9. The number of allylic oxidation sites excluding steroid dienone is 1. The molecule has 1 unspecified atom stereocenters. The zero-order chi connectivity index (χ0) is 8.97. The Morgan fingerprint density at radius 3 is 3.00 bits per heavy atom. The molecule has 0 amide bonds. The zero-order valence-electron chi connectivity index (χ0n) is 6.77. The van der Waals surface area contributed by atoms with Gasteiger partial charge in [0.2, 0.25) is 11.8 Å². The Bertz CT molecular complexity index is 269. The van der Waals surface area contributed by atoms with Crippen molar-refractivity contribution in [2.75, 3.05) is 6.54 Å². The van der Waals surface area contributed by atoms with Crippen molar-refractivity contribution in [1.82, 2.24) is 10.2 Å². The van der Waals surface area contributed by atoms with Gasteiger partial charge >= 0.3 is 0 Å². The van der Waals surface area contributed by atoms with Gasteiger partial charge in [-0.2, -0.15) is 0 Å². The van der Waals surface area contributed by atoms with E-state index in [4.69, 9.17) is 15.3 Å². The lowest BCUT2D eigenvalue weighted by atomic mass is 10.4. The van der Waals surface area contributed by atoms with E-state index < -0.39 is 6.10 Å². The maximum atomic E-state index is 9.17. The van der Waals surface area contributed by atoms with Crippen molar-refractivity contribution < 1.29 is 9.52 Å². The van der Waals surface area contributed by atoms with Gasteiger partial charge in [0.05, 0.1) is 0 Å². The van der Waals surface area contributed by atoms with E-state index in [0.717, 1.165) is 0 Å². The number of hydrogen-bond donors (Lipinski definition) is 2. The molecule has 5 nitrogen and oxygen atoms in total. The van der Waals surface area contributed by atoms with Crippen LogP contribution in [0.1, 0.15) is 24.8 Å². The molecule has 1 aromatic heterocycles. The molecule has 0 saturated carbocycles. The lowest BCUT2D eigenvalue weighted by Crippen LogP contribution is -2.11. The highest BCUT2D eigenvalue weighted by molar-refractivity contribution is 5.35. The SMILES string of the molecule is C/C=C/c1nnc(C(O)CN)o1. The average molecular weight is 169 g/mol. The molecule has 0 aliphatic carbocycles. The van der Waals surface area contributed by atoms with Crippen molar-refractivity contribution in [3.05, 3.63) is 17.9 Å². The van der Waals surface area contributed by atoms with Crippen molar-refractivity contribution in [1.29, 1.82) is 0 Å². The van der Waals surface area contributed by atoms with E-state index in [1.807, 2.05) is 6.92 Å². The van der Waals surface area contributed by atoms with Gasteiger partial charge in [0, 0.05) is 6.54 Å². The van der Waals surface area contributed by atoms with Gasteiger partial charge in [0.1, 0.15) is 6.10 Å². The van der Waals surface area contributed by atoms with Gasteiger partial charge in [-0.15, -0.1) is 10.2 Å². The van der Waals surface area contributed by atoms with Crippen LogP contribution in [-0.4, -0.2) is 21.8 Å². The summed E-state index contributed by atoms with van der Waals surface area (Å²) in [6.45, 7) is 1.92. The number of aliphatic hydroxyl groups is 1. The van der Waals surface area contributed by atoms with E-state index in [1.165, 1.54) is 0 Å². The van der Waals surface area contributed by atoms with Crippen LogP contribution in [0.25, 0.3) is 6.08 Å². The molecule has 0 aromatic carbocycles. The van der Waals surface area contributed by atoms with Crippen LogP contribution in [0.3, 0.4) is 0 Å². The van der Waals surface area contributed by atoms with Gasteiger partial charge in [0.25, 0.3) is 0 Å². The quantitative estimate of drug-likeness (QED) is 0.670. The molecule has 1 heterocycles. The Morgan fingerprint density at radius 2 is 2.42 bits per heavy atom. The predicted octanol–water partition coefficient (Wildman–Crippen LogP) is 0.0948. The smallest absolute Gasteiger partial charge is 0.246 e. The molecule has 1 rings (SSSR count). The Morgan fingerprint density at radius 1 is 1.67 bits per heavy atom. The first-order valence-corrected chi connectivity index (χ1v) is 3.62. The summed E-state index contributed by atoms with van der Waals surface area (Å²) in [6.07, 6.45) is 2.56. The van der Waals surface area contributed by atoms with Crippen molar-refractivity contribution >= 4 is 6.08 Å². The second-order valence-electron chi connectivity index (χ2n) is 2.23. The van der Waals surface area contributed by atoms with Gasteiger partial charge in [0.15, 0.2) is 0 Å². The van der Waals surface area contributed by atoms with Crippen molar-refractivity contribution in [3.63, 3.8) is 0 Å². The van der Waals surface area contributed by atoms with Crippen LogP contribution in [0.15, 0.2) is 10.5 Å². The highest BCUT2D eigenvalue weighted by Crippen LogP contribution is 2.09. The molecule has 0 aliphatic rings. The van der Waals surface area contributed by atoms with Crippen LogP contribution in [-0.2, 0) is 0 Å². The molecule has 0 fully saturated rings. The zero-order valence-corrected chi connectivity index (χ0v) is 6.77. The fourth-order valence-electron chi connectivity index (χ4n) is 0.692. The van der Waals surface area contributed by atoms with E-state index in [9.17, 15) is 0 Å². The highest BCUT2D eigenvalue weighted by Gasteiger charge is 2.11. The molecule has 1 aromatic rings. The van der Waals surface area contributed by atoms with Gasteiger partial charge in [-0.1, -0.05) is 6.08 Å². The summed E-state index contributed by atoms with van der Waals surface area (Å²) in [5.41, 5.74) is 5.19. The third kappa shape index (κ3) is 1.90. The lowest BCUT2D eigenvalue weighted by molar-refractivity contribution is 0.151. The molecule has 0 radical (unpaired) electrons. The predicted molar refractivity (Wildman–Crippen MR) is 43.0 cm³/mol. The van der Waals surface area contributed by atoms with Crippen LogP contribution >= 0.6 is 0 Å². The second-order valence-corrected chi connectivity index (χ2v) is 2.23. The summed E-state index contributed by atoms with van der Waals surface area (Å²) >= 11 is 0. The number of nitrogens with zero attached hydrogens (tertiary/aromatic N) is 2. The minimum Gasteiger partial charge on any atom is -0.418 e. The first-order valence-electron chi connectivity index (χ1n) is 3.62. The summed E-state index contributed by atoms with van der Waals surface area (Å²) in [7, 11) is 0. The summed E-state index contributed by atoms with van der Waals surface area (Å²) in [5.74, 6) is 0.533. The molecule has 12 heavy (non-hydrogen) atoms. The molecular weight excluding hydrogens is 158 g/mol. The standard InChI is InChI=1S/C7H11N3O2/c1-2-3-6-9-10-7(12-6)5(11)4-8/h2-3,5,11H,4,8H2,1H3/b3-2+. The van der Waals surface area contributed by atoms with E-state index in [2.05, 4.69) is 10.2 Å². The maximum absolute atomic E-state index is 9.17. The van der Waals surface area contributed by atoms with Gasteiger partial charge < -0.3 is 15.3 Å². The largest absolute Gasteiger partial charge is 0.418 e. The van der Waals surface area contributed by atoms with Crippen molar-refractivity contribution in [2.45, 2.75) is 13.0 Å². The molecule has 0 spiro atoms. The van der Waals surface area contributed by atoms with Crippen molar-refractivity contribution in [2.24, 2.45) is 5.73 Å². The van der Waals surface area contributed by atoms with Gasteiger partial charge in [-0.25, -0.2) is 0 Å². The average Bonchev–Trinajstić information content (AvgIpc) is 2.52. The van der Waals surface area contributed by atoms with E-state index in [0.29, 0.717) is 5.89 Å². The molecule has 66 valence electrons. The van der Waals surface area contributed by atoms with Crippen LogP contribution in [0.2, 0.25) is 0 Å². The summed E-state index contributed by atoms with van der Waals surface area (Å²) in [5, 5.41) is 16.4. The fourth-order valence-corrected chi connectivity index (χ4v) is 0.692. The molecule has 0 saturated heterocycles. The Balaban J connectivity index is 2.76. The molecular formula is C7H11N3O2. The Hall–Kier alpha value is -1.20. The minimum absolute atomic E-state index is 0.0808. The lowest BCUT2D eigenvalue weighted by Gasteiger charge is -1.98. The summed E-state index contributed by atoms with van der Waals surface area (Å²) in [6, 6.07) is 0. The second kappa shape index (κ2) is 3.99. The molecule has 5 heteroatoms. The fraction of sp³-hybridized carbons (Fsp3) is 0.429. The number of aliphatic hydroxyl groups excluding tert-OH is 1. The van der Waals surface area contributed by atoms with Crippen molar-refractivity contribution in [3.8, 4) is 0 Å². The van der Waals surface area contributed by atoms with Gasteiger partial charge in [-0.3, -0.25) is 0 Å². The maximum Gasteiger partial charge on any atom is 0.246 e. The first kappa shape index (κ1) is 8.89. The molecule has 1 atom stereocenters. The topological polar surface area (TPSA) is 85.2 Å². The Labute approximate surface area is 69.9 Å². The van der Waals surface area contributed by atoms with E-state index >= 15 is 0 Å². The number of rotatable bonds is 3. The highest BCUT2D eigenvalue weighted by atomic mass is 16.4. The van der Waals surface area contributed by atoms with E-state index in [-0.39, 0.29) is 12.4 Å². The summed E-state index contributed by atoms with van der Waals surface area (Å²) < 4.78 is 5.04. The Kier molecular flexibility index (Phi) is 2.95. The number of nitrogens with two attached hydrogens (primary N) is 1. The molecule has 3 N–H and O–H groups in total. The first-order chi connectivity index (χ1) is 5.77. The van der Waals surface area contributed by atoms with Gasteiger partial charge in [-0.05, 0) is 13.0 Å². The minimum atomic E-state index is -0.864. The van der Waals surface area contributed by atoms with Crippen LogP contribution < -0.4 is 5.73 Å². The molecule has 0 bridgehead atoms. The number of aromatic nitrogens is 2. The monoisotopic (exact) mass is 169 g/mol.